The smallest absolute Gasteiger partial charge is 0.143 e. The number of aromatic nitrogens is 1. The van der Waals surface area contributed by atoms with E-state index < -0.39 is 0 Å². The molecule has 0 radical (unpaired) electrons. The van der Waals surface area contributed by atoms with Gasteiger partial charge in [-0.3, -0.25) is 0 Å². The molecular weight excluding hydrogens is 322 g/mol. The summed E-state index contributed by atoms with van der Waals surface area (Å²) in [4.78, 5) is 6.78. The minimum Gasteiger partial charge on any atom is -0.350 e. The number of hydrogen-bond acceptors (Lipinski definition) is 3. The van der Waals surface area contributed by atoms with Crippen molar-refractivity contribution in [3.63, 3.8) is 0 Å². The summed E-state index contributed by atoms with van der Waals surface area (Å²) in [6, 6.07) is 2.62. The van der Waals surface area contributed by atoms with Crippen LogP contribution in [0.3, 0.4) is 0 Å². The van der Waals surface area contributed by atoms with Gasteiger partial charge in [-0.15, -0.1) is 0 Å². The van der Waals surface area contributed by atoms with Crippen LogP contribution in [0.1, 0.15) is 6.92 Å². The van der Waals surface area contributed by atoms with E-state index in [1.165, 1.54) is 0 Å². The fraction of sp³-hybridized carbons (Fsp3) is 0.500. The summed E-state index contributed by atoms with van der Waals surface area (Å²) in [7, 11) is 0. The van der Waals surface area contributed by atoms with Crippen molar-refractivity contribution >= 4 is 37.7 Å². The van der Waals surface area contributed by atoms with Crippen LogP contribution in [0.4, 0.5) is 5.82 Å². The van der Waals surface area contributed by atoms with Crippen LogP contribution in [0.25, 0.3) is 0 Å². The first-order valence-corrected chi connectivity index (χ1v) is 6.59. The van der Waals surface area contributed by atoms with E-state index in [2.05, 4.69) is 54.0 Å². The molecule has 0 spiro atoms. The highest BCUT2D eigenvalue weighted by molar-refractivity contribution is 9.11. The van der Waals surface area contributed by atoms with E-state index in [4.69, 9.17) is 0 Å². The highest BCUT2D eigenvalue weighted by Gasteiger charge is 2.25. The molecule has 15 heavy (non-hydrogen) atoms. The molecule has 1 aliphatic rings. The first-order chi connectivity index (χ1) is 7.22. The van der Waals surface area contributed by atoms with Crippen molar-refractivity contribution in [3.05, 3.63) is 21.2 Å². The zero-order chi connectivity index (χ0) is 10.8. The Morgan fingerprint density at radius 1 is 1.53 bits per heavy atom. The van der Waals surface area contributed by atoms with Crippen LogP contribution in [0, 0.1) is 0 Å². The average molecular weight is 335 g/mol. The minimum absolute atomic E-state index is 0.583. The van der Waals surface area contributed by atoms with Gasteiger partial charge in [0.05, 0.1) is 10.5 Å². The third-order valence-corrected chi connectivity index (χ3v) is 3.62. The molecule has 3 nitrogen and oxygen atoms in total. The van der Waals surface area contributed by atoms with E-state index >= 15 is 0 Å². The number of hydrogen-bond donors (Lipinski definition) is 1. The molecule has 1 aromatic rings. The van der Waals surface area contributed by atoms with Gasteiger partial charge in [0.1, 0.15) is 5.82 Å². The number of halogens is 2. The molecule has 1 N–H and O–H groups in total. The number of anilines is 1. The van der Waals surface area contributed by atoms with Gasteiger partial charge in [0.2, 0.25) is 0 Å². The summed E-state index contributed by atoms with van der Waals surface area (Å²) in [6.07, 6.45) is 1.84. The van der Waals surface area contributed by atoms with Crippen molar-refractivity contribution in [2.75, 3.05) is 24.5 Å². The fourth-order valence-electron chi connectivity index (χ4n) is 1.69. The molecule has 0 saturated carbocycles. The monoisotopic (exact) mass is 333 g/mol. The molecule has 1 saturated heterocycles. The second kappa shape index (κ2) is 4.80. The molecule has 1 aliphatic heterocycles. The third kappa shape index (κ3) is 2.34. The Kier molecular flexibility index (Phi) is 3.64. The molecule has 1 aromatic heterocycles. The van der Waals surface area contributed by atoms with Gasteiger partial charge in [0, 0.05) is 30.3 Å². The van der Waals surface area contributed by atoms with E-state index in [9.17, 15) is 0 Å². The first-order valence-electron chi connectivity index (χ1n) is 5.00. The topological polar surface area (TPSA) is 28.2 Å². The molecule has 0 unspecified atom stereocenters. The van der Waals surface area contributed by atoms with Crippen LogP contribution in [0.15, 0.2) is 21.2 Å². The maximum atomic E-state index is 4.46. The molecule has 0 aromatic carbocycles. The van der Waals surface area contributed by atoms with Crippen LogP contribution in [-0.4, -0.2) is 30.7 Å². The average Bonchev–Trinajstić information content (AvgIpc) is 2.12. The zero-order valence-electron chi connectivity index (χ0n) is 8.50. The zero-order valence-corrected chi connectivity index (χ0v) is 11.7. The number of pyridine rings is 1. The lowest BCUT2D eigenvalue weighted by Crippen LogP contribution is -2.57. The van der Waals surface area contributed by atoms with Crippen molar-refractivity contribution in [2.45, 2.75) is 13.0 Å². The number of rotatable bonds is 3. The van der Waals surface area contributed by atoms with Crippen molar-refractivity contribution < 1.29 is 0 Å². The molecule has 2 heterocycles. The van der Waals surface area contributed by atoms with Gasteiger partial charge in [0.25, 0.3) is 0 Å². The molecule has 5 heteroatoms. The van der Waals surface area contributed by atoms with Crippen molar-refractivity contribution in [3.8, 4) is 0 Å². The second-order valence-electron chi connectivity index (χ2n) is 3.56. The normalized spacial score (nSPS) is 16.2. The van der Waals surface area contributed by atoms with Gasteiger partial charge < -0.3 is 10.2 Å². The van der Waals surface area contributed by atoms with E-state index in [1.807, 2.05) is 12.3 Å². The largest absolute Gasteiger partial charge is 0.350 e. The van der Waals surface area contributed by atoms with E-state index in [0.29, 0.717) is 6.04 Å². The minimum atomic E-state index is 0.583. The molecule has 0 aliphatic carbocycles. The fourth-order valence-corrected chi connectivity index (χ4v) is 2.91. The van der Waals surface area contributed by atoms with Crippen LogP contribution >= 0.6 is 31.9 Å². The lowest BCUT2D eigenvalue weighted by atomic mass is 10.1. The first kappa shape index (κ1) is 11.4. The van der Waals surface area contributed by atoms with E-state index in [0.717, 1.165) is 34.4 Å². The van der Waals surface area contributed by atoms with E-state index in [1.54, 1.807) is 0 Å². The van der Waals surface area contributed by atoms with Crippen LogP contribution in [-0.2, 0) is 0 Å². The van der Waals surface area contributed by atoms with Crippen LogP contribution < -0.4 is 10.2 Å². The van der Waals surface area contributed by atoms with Gasteiger partial charge in [-0.2, -0.15) is 0 Å². The summed E-state index contributed by atoms with van der Waals surface area (Å²) >= 11 is 6.97. The highest BCUT2D eigenvalue weighted by atomic mass is 79.9. The summed E-state index contributed by atoms with van der Waals surface area (Å²) in [5.74, 6) is 1.03. The molecule has 82 valence electrons. The second-order valence-corrected chi connectivity index (χ2v) is 5.33. The van der Waals surface area contributed by atoms with Gasteiger partial charge in [-0.1, -0.05) is 0 Å². The van der Waals surface area contributed by atoms with E-state index in [-0.39, 0.29) is 0 Å². The summed E-state index contributed by atoms with van der Waals surface area (Å²) in [6.45, 7) is 5.25. The number of likely N-dealkylation sites (N-methyl/N-ethyl adjacent to an activating group) is 1. The molecule has 0 bridgehead atoms. The van der Waals surface area contributed by atoms with Gasteiger partial charge in [-0.25, -0.2) is 4.98 Å². The Labute approximate surface area is 107 Å². The van der Waals surface area contributed by atoms with Crippen LogP contribution in [0.5, 0.6) is 0 Å². The summed E-state index contributed by atoms with van der Waals surface area (Å²) in [5, 5.41) is 3.28. The molecule has 1 fully saturated rings. The number of nitrogens with zero attached hydrogens (tertiary/aromatic N) is 2. The summed E-state index contributed by atoms with van der Waals surface area (Å²) in [5.41, 5.74) is 0. The van der Waals surface area contributed by atoms with Crippen molar-refractivity contribution in [1.82, 2.24) is 10.3 Å². The molecule has 0 amide bonds. The maximum absolute atomic E-state index is 4.46. The quantitative estimate of drug-likeness (QED) is 0.920. The predicted molar refractivity (Wildman–Crippen MR) is 69.3 cm³/mol. The van der Waals surface area contributed by atoms with Gasteiger partial charge in [0.15, 0.2) is 0 Å². The maximum Gasteiger partial charge on any atom is 0.143 e. The third-order valence-electron chi connectivity index (χ3n) is 2.60. The Morgan fingerprint density at radius 3 is 2.73 bits per heavy atom. The Balaban J connectivity index is 2.25. The number of nitrogens with one attached hydrogen (secondary N) is 1. The summed E-state index contributed by atoms with van der Waals surface area (Å²) < 4.78 is 2.05. The molecule has 2 rings (SSSR count). The van der Waals surface area contributed by atoms with Gasteiger partial charge >= 0.3 is 0 Å². The van der Waals surface area contributed by atoms with Crippen molar-refractivity contribution in [1.29, 1.82) is 0 Å². The molecule has 0 atom stereocenters. The Hall–Kier alpha value is -0.130. The predicted octanol–water partition coefficient (Wildman–Crippen LogP) is 2.40. The standard InChI is InChI=1S/C10H13Br2N3/c1-2-15(8-5-13-6-8)10-9(12)3-7(11)4-14-10/h3-4,8,13H,2,5-6H2,1H3. The Bertz CT molecular complexity index is 353. The SMILES string of the molecule is CCN(c1ncc(Br)cc1Br)C1CNC1. The lowest BCUT2D eigenvalue weighted by molar-refractivity contribution is 0.415. The Morgan fingerprint density at radius 2 is 2.27 bits per heavy atom. The van der Waals surface area contributed by atoms with Crippen LogP contribution in [0.2, 0.25) is 0 Å². The van der Waals surface area contributed by atoms with Gasteiger partial charge in [-0.05, 0) is 44.8 Å². The molecular formula is C10H13Br2N3. The highest BCUT2D eigenvalue weighted by Crippen LogP contribution is 2.28. The lowest BCUT2D eigenvalue weighted by Gasteiger charge is -2.38. The van der Waals surface area contributed by atoms with Crippen molar-refractivity contribution in [2.24, 2.45) is 0 Å².